The zero-order valence-corrected chi connectivity index (χ0v) is 12.9. The molecule has 0 spiro atoms. The third-order valence-corrected chi connectivity index (χ3v) is 4.89. The summed E-state index contributed by atoms with van der Waals surface area (Å²) in [6.07, 6.45) is 3.36. The first kappa shape index (κ1) is 14.6. The fraction of sp³-hybridized carbons (Fsp3) is 0. The first-order valence-corrected chi connectivity index (χ1v) is 8.30. The summed E-state index contributed by atoms with van der Waals surface area (Å²) in [4.78, 5) is 0.0342. The van der Waals surface area contributed by atoms with Crippen molar-refractivity contribution in [2.75, 3.05) is 4.72 Å². The average molecular weight is 334 g/mol. The van der Waals surface area contributed by atoms with E-state index in [1.165, 1.54) is 12.1 Å². The minimum absolute atomic E-state index is 0.0342. The Morgan fingerprint density at radius 3 is 2.45 bits per heavy atom. The monoisotopic (exact) mass is 333 g/mol. The minimum Gasteiger partial charge on any atom is -0.277 e. The molecule has 1 aromatic heterocycles. The molecule has 0 unspecified atom stereocenters. The number of para-hydroxylation sites is 2. The first-order chi connectivity index (χ1) is 10.6. The van der Waals surface area contributed by atoms with Crippen LogP contribution in [0.25, 0.3) is 5.69 Å². The van der Waals surface area contributed by atoms with E-state index in [-0.39, 0.29) is 9.92 Å². The maximum atomic E-state index is 12.5. The van der Waals surface area contributed by atoms with Gasteiger partial charge in [-0.15, -0.1) is 0 Å². The lowest BCUT2D eigenvalue weighted by Gasteiger charge is -2.13. The van der Waals surface area contributed by atoms with Gasteiger partial charge in [-0.25, -0.2) is 13.1 Å². The predicted molar refractivity (Wildman–Crippen MR) is 85.8 cm³/mol. The maximum absolute atomic E-state index is 12.5. The zero-order valence-electron chi connectivity index (χ0n) is 11.3. The molecule has 0 aliphatic carbocycles. The highest BCUT2D eigenvalue weighted by molar-refractivity contribution is 7.92. The summed E-state index contributed by atoms with van der Waals surface area (Å²) < 4.78 is 29.2. The second-order valence-corrected chi connectivity index (χ2v) is 6.56. The molecule has 2 aromatic carbocycles. The van der Waals surface area contributed by atoms with E-state index in [4.69, 9.17) is 11.6 Å². The molecule has 0 atom stereocenters. The second-order valence-electron chi connectivity index (χ2n) is 4.50. The van der Waals surface area contributed by atoms with Gasteiger partial charge in [-0.1, -0.05) is 35.9 Å². The Morgan fingerprint density at radius 1 is 1.00 bits per heavy atom. The Labute approximate surface area is 133 Å². The predicted octanol–water partition coefficient (Wildman–Crippen LogP) is 3.33. The third-order valence-electron chi connectivity index (χ3n) is 3.03. The quantitative estimate of drug-likeness (QED) is 0.796. The number of hydrogen-bond acceptors (Lipinski definition) is 3. The summed E-state index contributed by atoms with van der Waals surface area (Å²) in [5.41, 5.74) is 1.05. The van der Waals surface area contributed by atoms with E-state index in [0.29, 0.717) is 11.4 Å². The van der Waals surface area contributed by atoms with Crippen molar-refractivity contribution in [3.63, 3.8) is 0 Å². The van der Waals surface area contributed by atoms with Gasteiger partial charge in [-0.2, -0.15) is 5.10 Å². The molecule has 0 saturated carbocycles. The Balaban J connectivity index is 2.03. The summed E-state index contributed by atoms with van der Waals surface area (Å²) in [6, 6.07) is 15.1. The molecule has 0 saturated heterocycles. The molecule has 7 heteroatoms. The zero-order chi connectivity index (χ0) is 15.6. The molecular weight excluding hydrogens is 322 g/mol. The molecule has 1 N–H and O–H groups in total. The van der Waals surface area contributed by atoms with Crippen LogP contribution in [-0.2, 0) is 10.0 Å². The van der Waals surface area contributed by atoms with Gasteiger partial charge in [0, 0.05) is 12.4 Å². The Kier molecular flexibility index (Phi) is 3.87. The standard InChI is InChI=1S/C15H12ClN3O2S/c16-12-6-1-4-9-15(12)22(20,21)18-13-7-2-3-8-14(13)19-11-5-10-17-19/h1-11,18H. The van der Waals surface area contributed by atoms with Crippen LogP contribution < -0.4 is 4.72 Å². The summed E-state index contributed by atoms with van der Waals surface area (Å²) in [5, 5.41) is 4.30. The fourth-order valence-corrected chi connectivity index (χ4v) is 3.63. The van der Waals surface area contributed by atoms with Crippen molar-refractivity contribution in [3.05, 3.63) is 72.0 Å². The SMILES string of the molecule is O=S(=O)(Nc1ccccc1-n1cccn1)c1ccccc1Cl. The van der Waals surface area contributed by atoms with E-state index in [0.717, 1.165) is 0 Å². The lowest BCUT2D eigenvalue weighted by atomic mass is 10.3. The highest BCUT2D eigenvalue weighted by Gasteiger charge is 2.19. The average Bonchev–Trinajstić information content (AvgIpc) is 3.02. The highest BCUT2D eigenvalue weighted by atomic mass is 35.5. The van der Waals surface area contributed by atoms with Crippen LogP contribution in [0.15, 0.2) is 71.9 Å². The van der Waals surface area contributed by atoms with Gasteiger partial charge in [-0.3, -0.25) is 4.72 Å². The Morgan fingerprint density at radius 2 is 1.73 bits per heavy atom. The molecule has 0 radical (unpaired) electrons. The topological polar surface area (TPSA) is 64.0 Å². The van der Waals surface area contributed by atoms with Crippen molar-refractivity contribution in [1.29, 1.82) is 0 Å². The van der Waals surface area contributed by atoms with E-state index in [1.807, 2.05) is 6.07 Å². The molecule has 3 rings (SSSR count). The number of rotatable bonds is 4. The molecule has 22 heavy (non-hydrogen) atoms. The van der Waals surface area contributed by atoms with Crippen molar-refractivity contribution in [3.8, 4) is 5.69 Å². The van der Waals surface area contributed by atoms with Crippen LogP contribution in [0.4, 0.5) is 5.69 Å². The lowest BCUT2D eigenvalue weighted by Crippen LogP contribution is -2.15. The van der Waals surface area contributed by atoms with Crippen LogP contribution >= 0.6 is 11.6 Å². The summed E-state index contributed by atoms with van der Waals surface area (Å²) in [6.45, 7) is 0. The molecule has 1 heterocycles. The van der Waals surface area contributed by atoms with Crippen molar-refractivity contribution in [2.24, 2.45) is 0 Å². The van der Waals surface area contributed by atoms with E-state index in [2.05, 4.69) is 9.82 Å². The molecule has 0 fully saturated rings. The van der Waals surface area contributed by atoms with Crippen LogP contribution in [0, 0.1) is 0 Å². The molecule has 112 valence electrons. The largest absolute Gasteiger partial charge is 0.277 e. The number of halogens is 1. The van der Waals surface area contributed by atoms with E-state index in [1.54, 1.807) is 53.5 Å². The van der Waals surface area contributed by atoms with Crippen LogP contribution in [0.3, 0.4) is 0 Å². The van der Waals surface area contributed by atoms with Gasteiger partial charge in [0.15, 0.2) is 0 Å². The molecule has 0 aliphatic rings. The van der Waals surface area contributed by atoms with Crippen LogP contribution in [0.2, 0.25) is 5.02 Å². The third kappa shape index (κ3) is 2.84. The maximum Gasteiger partial charge on any atom is 0.263 e. The molecule has 0 bridgehead atoms. The van der Waals surface area contributed by atoms with E-state index in [9.17, 15) is 8.42 Å². The summed E-state index contributed by atoms with van der Waals surface area (Å²) >= 11 is 5.98. The first-order valence-electron chi connectivity index (χ1n) is 6.44. The smallest absolute Gasteiger partial charge is 0.263 e. The van der Waals surface area contributed by atoms with Gasteiger partial charge < -0.3 is 0 Å². The lowest BCUT2D eigenvalue weighted by molar-refractivity contribution is 0.601. The molecular formula is C15H12ClN3O2S. The number of anilines is 1. The minimum atomic E-state index is -3.78. The second kappa shape index (κ2) is 5.82. The van der Waals surface area contributed by atoms with Gasteiger partial charge in [0.05, 0.1) is 16.4 Å². The molecule has 5 nitrogen and oxygen atoms in total. The van der Waals surface area contributed by atoms with Crippen LogP contribution in [0.5, 0.6) is 0 Å². The van der Waals surface area contributed by atoms with Crippen molar-refractivity contribution < 1.29 is 8.42 Å². The van der Waals surface area contributed by atoms with Gasteiger partial charge in [0.2, 0.25) is 0 Å². The van der Waals surface area contributed by atoms with Gasteiger partial charge >= 0.3 is 0 Å². The van der Waals surface area contributed by atoms with Crippen LogP contribution in [-0.4, -0.2) is 18.2 Å². The van der Waals surface area contributed by atoms with Gasteiger partial charge in [0.25, 0.3) is 10.0 Å². The molecule has 0 amide bonds. The molecule has 3 aromatic rings. The Bertz CT molecular complexity index is 893. The number of benzene rings is 2. The van der Waals surface area contributed by atoms with Crippen molar-refractivity contribution >= 4 is 27.3 Å². The molecule has 0 aliphatic heterocycles. The fourth-order valence-electron chi connectivity index (χ4n) is 2.03. The van der Waals surface area contributed by atoms with Gasteiger partial charge in [-0.05, 0) is 30.3 Å². The van der Waals surface area contributed by atoms with Gasteiger partial charge in [0.1, 0.15) is 4.90 Å². The number of nitrogens with zero attached hydrogens (tertiary/aromatic N) is 2. The number of hydrogen-bond donors (Lipinski definition) is 1. The van der Waals surface area contributed by atoms with E-state index < -0.39 is 10.0 Å². The number of sulfonamides is 1. The van der Waals surface area contributed by atoms with Crippen LogP contribution in [0.1, 0.15) is 0 Å². The number of aromatic nitrogens is 2. The highest BCUT2D eigenvalue weighted by Crippen LogP contribution is 2.26. The Hall–Kier alpha value is -2.31. The normalized spacial score (nSPS) is 11.3. The summed E-state index contributed by atoms with van der Waals surface area (Å²) in [5.74, 6) is 0. The van der Waals surface area contributed by atoms with Crippen molar-refractivity contribution in [2.45, 2.75) is 4.90 Å². The summed E-state index contributed by atoms with van der Waals surface area (Å²) in [7, 11) is -3.78. The van der Waals surface area contributed by atoms with E-state index >= 15 is 0 Å². The van der Waals surface area contributed by atoms with Crippen molar-refractivity contribution in [1.82, 2.24) is 9.78 Å². The number of nitrogens with one attached hydrogen (secondary N) is 1.